The van der Waals surface area contributed by atoms with E-state index in [4.69, 9.17) is 9.47 Å². The van der Waals surface area contributed by atoms with Crippen molar-refractivity contribution in [3.8, 4) is 0 Å². The Morgan fingerprint density at radius 1 is 1.77 bits per heavy atom. The van der Waals surface area contributed by atoms with Gasteiger partial charge in [-0.05, 0) is 6.42 Å². The van der Waals surface area contributed by atoms with E-state index in [9.17, 15) is 9.59 Å². The van der Waals surface area contributed by atoms with Gasteiger partial charge in [-0.15, -0.1) is 0 Å². The first-order valence-electron chi connectivity index (χ1n) is 4.32. The van der Waals surface area contributed by atoms with E-state index in [0.717, 1.165) is 6.42 Å². The molecule has 1 rings (SSSR count). The van der Waals surface area contributed by atoms with Crippen LogP contribution in [-0.4, -0.2) is 31.3 Å². The van der Waals surface area contributed by atoms with Crippen LogP contribution in [-0.2, 0) is 14.3 Å². The van der Waals surface area contributed by atoms with Crippen LogP contribution < -0.4 is 5.32 Å². The summed E-state index contributed by atoms with van der Waals surface area (Å²) in [5.74, 6) is -0.245. The molecule has 0 spiro atoms. The van der Waals surface area contributed by atoms with Crippen molar-refractivity contribution in [3.63, 3.8) is 0 Å². The number of rotatable bonds is 4. The number of esters is 1. The van der Waals surface area contributed by atoms with Crippen molar-refractivity contribution < 1.29 is 19.1 Å². The maximum Gasteiger partial charge on any atom is 0.407 e. The highest BCUT2D eigenvalue weighted by Crippen LogP contribution is 2.01. The predicted octanol–water partition coefficient (Wildman–Crippen LogP) is 0.438. The minimum absolute atomic E-state index is 0.150. The van der Waals surface area contributed by atoms with E-state index in [1.807, 2.05) is 6.92 Å². The van der Waals surface area contributed by atoms with E-state index in [2.05, 4.69) is 5.32 Å². The lowest BCUT2D eigenvalue weighted by Crippen LogP contribution is -2.22. The number of ether oxygens (including phenoxy) is 2. The Hall–Kier alpha value is -1.26. The molecular weight excluding hydrogens is 174 g/mol. The largest absolute Gasteiger partial charge is 0.462 e. The quantitative estimate of drug-likeness (QED) is 0.648. The molecule has 1 atom stereocenters. The molecule has 1 amide bonds. The van der Waals surface area contributed by atoms with Crippen molar-refractivity contribution in [1.29, 1.82) is 0 Å². The molecule has 1 saturated heterocycles. The van der Waals surface area contributed by atoms with E-state index in [1.54, 1.807) is 0 Å². The zero-order valence-corrected chi connectivity index (χ0v) is 7.54. The van der Waals surface area contributed by atoms with Gasteiger partial charge in [0.2, 0.25) is 0 Å². The van der Waals surface area contributed by atoms with Gasteiger partial charge in [-0.25, -0.2) is 4.79 Å². The monoisotopic (exact) mass is 187 g/mol. The summed E-state index contributed by atoms with van der Waals surface area (Å²) >= 11 is 0. The average molecular weight is 187 g/mol. The van der Waals surface area contributed by atoms with E-state index < -0.39 is 6.09 Å². The first-order chi connectivity index (χ1) is 6.22. The lowest BCUT2D eigenvalue weighted by Gasteiger charge is -2.07. The molecule has 74 valence electrons. The SMILES string of the molecule is CCCC(=O)OC[C@H]1CNC(=O)O1. The Labute approximate surface area is 76.4 Å². The third kappa shape index (κ3) is 3.31. The standard InChI is InChI=1S/C8H13NO4/c1-2-3-7(10)12-5-6-4-9-8(11)13-6/h6H,2-5H2,1H3,(H,9,11)/t6-/m1/s1. The topological polar surface area (TPSA) is 64.6 Å². The molecule has 13 heavy (non-hydrogen) atoms. The second-order valence-electron chi connectivity index (χ2n) is 2.84. The number of carbonyl (C=O) groups excluding carboxylic acids is 2. The number of cyclic esters (lactones) is 1. The van der Waals surface area contributed by atoms with Crippen LogP contribution >= 0.6 is 0 Å². The lowest BCUT2D eigenvalue weighted by molar-refractivity contribution is -0.146. The van der Waals surface area contributed by atoms with Crippen molar-refractivity contribution in [2.45, 2.75) is 25.9 Å². The zero-order chi connectivity index (χ0) is 9.68. The third-order valence-corrected chi connectivity index (χ3v) is 1.63. The van der Waals surface area contributed by atoms with Crippen molar-refractivity contribution in [1.82, 2.24) is 5.32 Å². The maximum atomic E-state index is 10.9. The van der Waals surface area contributed by atoms with Gasteiger partial charge in [0.1, 0.15) is 6.61 Å². The summed E-state index contributed by atoms with van der Waals surface area (Å²) in [6.07, 6.45) is 0.403. The second-order valence-corrected chi connectivity index (χ2v) is 2.84. The van der Waals surface area contributed by atoms with Crippen LogP contribution in [0.5, 0.6) is 0 Å². The summed E-state index contributed by atoms with van der Waals surface area (Å²) in [6.45, 7) is 2.47. The van der Waals surface area contributed by atoms with Gasteiger partial charge in [-0.3, -0.25) is 4.79 Å². The smallest absolute Gasteiger partial charge is 0.407 e. The predicted molar refractivity (Wildman–Crippen MR) is 44.1 cm³/mol. The molecule has 0 radical (unpaired) electrons. The average Bonchev–Trinajstić information content (AvgIpc) is 2.49. The molecule has 1 aliphatic rings. The molecule has 0 saturated carbocycles. The zero-order valence-electron chi connectivity index (χ0n) is 7.54. The van der Waals surface area contributed by atoms with Crippen molar-refractivity contribution in [3.05, 3.63) is 0 Å². The number of hydrogen-bond acceptors (Lipinski definition) is 4. The van der Waals surface area contributed by atoms with Gasteiger partial charge in [0.05, 0.1) is 6.54 Å². The first kappa shape index (κ1) is 9.83. The van der Waals surface area contributed by atoms with E-state index in [0.29, 0.717) is 13.0 Å². The van der Waals surface area contributed by atoms with Crippen LogP contribution in [0.1, 0.15) is 19.8 Å². The number of alkyl carbamates (subject to hydrolysis) is 1. The van der Waals surface area contributed by atoms with Crippen molar-refractivity contribution in [2.75, 3.05) is 13.2 Å². The molecule has 5 nitrogen and oxygen atoms in total. The summed E-state index contributed by atoms with van der Waals surface area (Å²) in [6, 6.07) is 0. The molecule has 0 unspecified atom stereocenters. The van der Waals surface area contributed by atoms with E-state index in [1.165, 1.54) is 0 Å². The van der Waals surface area contributed by atoms with Crippen molar-refractivity contribution in [2.24, 2.45) is 0 Å². The van der Waals surface area contributed by atoms with Crippen LogP contribution in [0.4, 0.5) is 4.79 Å². The summed E-state index contributed by atoms with van der Waals surface area (Å²) in [4.78, 5) is 21.4. The Bertz CT molecular complexity index is 204. The summed E-state index contributed by atoms with van der Waals surface area (Å²) in [5.41, 5.74) is 0. The van der Waals surface area contributed by atoms with E-state index >= 15 is 0 Å². The maximum absolute atomic E-state index is 10.9. The van der Waals surface area contributed by atoms with Crippen LogP contribution in [0.3, 0.4) is 0 Å². The van der Waals surface area contributed by atoms with Crippen LogP contribution in [0.25, 0.3) is 0 Å². The number of hydrogen-bond donors (Lipinski definition) is 1. The van der Waals surface area contributed by atoms with Gasteiger partial charge < -0.3 is 14.8 Å². The summed E-state index contributed by atoms with van der Waals surface area (Å²) in [7, 11) is 0. The number of nitrogens with one attached hydrogen (secondary N) is 1. The first-order valence-corrected chi connectivity index (χ1v) is 4.32. The van der Waals surface area contributed by atoms with Crippen LogP contribution in [0.15, 0.2) is 0 Å². The van der Waals surface area contributed by atoms with E-state index in [-0.39, 0.29) is 18.7 Å². The Morgan fingerprint density at radius 3 is 3.08 bits per heavy atom. The molecule has 1 fully saturated rings. The Balaban J connectivity index is 2.12. The highest BCUT2D eigenvalue weighted by Gasteiger charge is 2.23. The van der Waals surface area contributed by atoms with Gasteiger partial charge in [0.15, 0.2) is 6.10 Å². The minimum atomic E-state index is -0.448. The molecule has 1 heterocycles. The number of amides is 1. The molecular formula is C8H13NO4. The normalized spacial score (nSPS) is 20.7. The number of carbonyl (C=O) groups is 2. The molecule has 5 heteroatoms. The molecule has 0 aromatic heterocycles. The van der Waals surface area contributed by atoms with Gasteiger partial charge >= 0.3 is 12.1 Å². The van der Waals surface area contributed by atoms with Gasteiger partial charge in [0.25, 0.3) is 0 Å². The Morgan fingerprint density at radius 2 is 2.54 bits per heavy atom. The summed E-state index contributed by atoms with van der Waals surface area (Å²) < 4.78 is 9.62. The molecule has 1 N–H and O–H groups in total. The fraction of sp³-hybridized carbons (Fsp3) is 0.750. The molecule has 0 aromatic rings. The second kappa shape index (κ2) is 4.69. The molecule has 0 bridgehead atoms. The van der Waals surface area contributed by atoms with Gasteiger partial charge in [0, 0.05) is 6.42 Å². The van der Waals surface area contributed by atoms with Gasteiger partial charge in [-0.1, -0.05) is 6.92 Å². The molecule has 0 aromatic carbocycles. The fourth-order valence-corrected chi connectivity index (χ4v) is 0.987. The highest BCUT2D eigenvalue weighted by atomic mass is 16.6. The molecule has 1 aliphatic heterocycles. The van der Waals surface area contributed by atoms with Gasteiger partial charge in [-0.2, -0.15) is 0 Å². The highest BCUT2D eigenvalue weighted by molar-refractivity contribution is 5.70. The Kier molecular flexibility index (Phi) is 3.54. The summed E-state index contributed by atoms with van der Waals surface area (Å²) in [5, 5.41) is 2.47. The minimum Gasteiger partial charge on any atom is -0.462 e. The van der Waals surface area contributed by atoms with Crippen molar-refractivity contribution >= 4 is 12.1 Å². The lowest BCUT2D eigenvalue weighted by atomic mass is 10.3. The fourth-order valence-electron chi connectivity index (χ4n) is 0.987. The van der Waals surface area contributed by atoms with Crippen LogP contribution in [0.2, 0.25) is 0 Å². The third-order valence-electron chi connectivity index (χ3n) is 1.63. The molecule has 0 aliphatic carbocycles. The van der Waals surface area contributed by atoms with Crippen LogP contribution in [0, 0.1) is 0 Å².